The molecule has 1 aliphatic carbocycles. The maximum Gasteiger partial charge on any atom is 0.337 e. The largest absolute Gasteiger partial charge is 0.465 e. The van der Waals surface area contributed by atoms with Gasteiger partial charge in [-0.3, -0.25) is 9.52 Å². The Morgan fingerprint density at radius 2 is 1.85 bits per heavy atom. The lowest BCUT2D eigenvalue weighted by molar-refractivity contribution is 0.0600. The van der Waals surface area contributed by atoms with Crippen LogP contribution in [0.5, 0.6) is 0 Å². The highest BCUT2D eigenvalue weighted by Crippen LogP contribution is 2.25. The molecule has 0 bridgehead atoms. The number of ether oxygens (including phenoxy) is 1. The number of carbonyl (C=O) groups excluding carboxylic acids is 2. The van der Waals surface area contributed by atoms with Crippen molar-refractivity contribution in [2.75, 3.05) is 11.8 Å². The van der Waals surface area contributed by atoms with Gasteiger partial charge in [-0.05, 0) is 67.3 Å². The van der Waals surface area contributed by atoms with E-state index in [0.717, 1.165) is 54.9 Å². The summed E-state index contributed by atoms with van der Waals surface area (Å²) < 4.78 is 51.0. The number of nitrogens with one attached hydrogen (secondary N) is 2. The minimum absolute atomic E-state index is 0.00340. The van der Waals surface area contributed by atoms with Crippen molar-refractivity contribution >= 4 is 27.6 Å². The Bertz CT molecular complexity index is 1340. The van der Waals surface area contributed by atoms with Crippen LogP contribution in [-0.4, -0.2) is 32.6 Å². The van der Waals surface area contributed by atoms with E-state index in [1.807, 2.05) is 0 Å². The topological polar surface area (TPSA) is 128 Å². The van der Waals surface area contributed by atoms with Gasteiger partial charge in [0.15, 0.2) is 5.69 Å². The van der Waals surface area contributed by atoms with Crippen LogP contribution in [0.2, 0.25) is 0 Å². The van der Waals surface area contributed by atoms with Crippen LogP contribution >= 0.6 is 0 Å². The summed E-state index contributed by atoms with van der Waals surface area (Å²) in [4.78, 5) is 24.7. The molecule has 1 amide bonds. The molecule has 0 saturated carbocycles. The van der Waals surface area contributed by atoms with Gasteiger partial charge in [-0.2, -0.15) is 0 Å². The SMILES string of the molecule is COC(=O)c1cc(CNC(=O)c2noc3c2CCCC3)cc(NS(=O)(=O)c2ccc(F)cc2)c1. The summed E-state index contributed by atoms with van der Waals surface area (Å²) in [6.07, 6.45) is 3.40. The first-order chi connectivity index (χ1) is 16.3. The van der Waals surface area contributed by atoms with E-state index in [0.29, 0.717) is 12.0 Å². The van der Waals surface area contributed by atoms with Crippen molar-refractivity contribution in [3.05, 3.63) is 76.4 Å². The fourth-order valence-corrected chi connectivity index (χ4v) is 4.79. The van der Waals surface area contributed by atoms with Gasteiger partial charge in [0.1, 0.15) is 11.6 Å². The maximum absolute atomic E-state index is 13.2. The molecule has 3 aromatic rings. The third-order valence-corrected chi connectivity index (χ3v) is 6.81. The monoisotopic (exact) mass is 487 g/mol. The molecule has 34 heavy (non-hydrogen) atoms. The van der Waals surface area contributed by atoms with E-state index >= 15 is 0 Å². The van der Waals surface area contributed by atoms with Gasteiger partial charge < -0.3 is 14.6 Å². The van der Waals surface area contributed by atoms with Crippen LogP contribution in [0.15, 0.2) is 51.9 Å². The smallest absolute Gasteiger partial charge is 0.337 e. The predicted molar refractivity (Wildman–Crippen MR) is 119 cm³/mol. The van der Waals surface area contributed by atoms with Crippen LogP contribution in [0.1, 0.15) is 50.6 Å². The molecule has 2 N–H and O–H groups in total. The van der Waals surface area contributed by atoms with Gasteiger partial charge in [0.25, 0.3) is 15.9 Å². The maximum atomic E-state index is 13.2. The average molecular weight is 488 g/mol. The zero-order chi connectivity index (χ0) is 24.3. The number of aromatic nitrogens is 1. The molecule has 4 rings (SSSR count). The quantitative estimate of drug-likeness (QED) is 0.490. The Morgan fingerprint density at radius 1 is 1.12 bits per heavy atom. The predicted octanol–water partition coefficient (Wildman–Crippen LogP) is 3.21. The number of carbonyl (C=O) groups is 2. The van der Waals surface area contributed by atoms with Crippen molar-refractivity contribution in [2.24, 2.45) is 0 Å². The fourth-order valence-electron chi connectivity index (χ4n) is 3.75. The van der Waals surface area contributed by atoms with E-state index < -0.39 is 27.7 Å². The number of nitrogens with zero attached hydrogens (tertiary/aromatic N) is 1. The van der Waals surface area contributed by atoms with E-state index in [9.17, 15) is 22.4 Å². The molecular weight excluding hydrogens is 465 g/mol. The van der Waals surface area contributed by atoms with Gasteiger partial charge in [0.2, 0.25) is 0 Å². The minimum atomic E-state index is -4.05. The second-order valence-corrected chi connectivity index (χ2v) is 9.47. The molecule has 0 unspecified atom stereocenters. The number of aryl methyl sites for hydroxylation is 1. The fraction of sp³-hybridized carbons (Fsp3) is 0.261. The number of hydrogen-bond donors (Lipinski definition) is 2. The summed E-state index contributed by atoms with van der Waals surface area (Å²) in [5.41, 5.74) is 1.65. The van der Waals surface area contributed by atoms with Crippen molar-refractivity contribution in [2.45, 2.75) is 37.1 Å². The number of benzene rings is 2. The number of halogens is 1. The van der Waals surface area contributed by atoms with Crippen LogP contribution in [-0.2, 0) is 34.1 Å². The highest BCUT2D eigenvalue weighted by Gasteiger charge is 2.24. The minimum Gasteiger partial charge on any atom is -0.465 e. The Morgan fingerprint density at radius 3 is 2.59 bits per heavy atom. The molecule has 0 atom stereocenters. The van der Waals surface area contributed by atoms with E-state index in [-0.39, 0.29) is 28.4 Å². The van der Waals surface area contributed by atoms with Crippen molar-refractivity contribution in [1.29, 1.82) is 0 Å². The molecule has 0 fully saturated rings. The molecule has 1 aromatic heterocycles. The molecule has 1 aliphatic rings. The van der Waals surface area contributed by atoms with Crippen LogP contribution in [0.25, 0.3) is 0 Å². The number of anilines is 1. The molecule has 0 aliphatic heterocycles. The first kappa shape index (κ1) is 23.4. The second kappa shape index (κ2) is 9.64. The Labute approximate surface area is 195 Å². The van der Waals surface area contributed by atoms with Crippen molar-refractivity contribution in [1.82, 2.24) is 10.5 Å². The normalized spacial score (nSPS) is 13.1. The van der Waals surface area contributed by atoms with E-state index in [1.54, 1.807) is 0 Å². The van der Waals surface area contributed by atoms with Crippen LogP contribution in [0.4, 0.5) is 10.1 Å². The molecule has 2 aromatic carbocycles. The molecule has 0 saturated heterocycles. The molecule has 1 heterocycles. The first-order valence-electron chi connectivity index (χ1n) is 10.5. The molecule has 11 heteroatoms. The molecule has 178 valence electrons. The zero-order valence-electron chi connectivity index (χ0n) is 18.3. The zero-order valence-corrected chi connectivity index (χ0v) is 19.1. The molecule has 0 spiro atoms. The number of hydrogen-bond acceptors (Lipinski definition) is 7. The van der Waals surface area contributed by atoms with E-state index in [2.05, 4.69) is 15.2 Å². The third-order valence-electron chi connectivity index (χ3n) is 5.41. The first-order valence-corrected chi connectivity index (χ1v) is 12.0. The Kier molecular flexibility index (Phi) is 6.64. The summed E-state index contributed by atoms with van der Waals surface area (Å²) in [5, 5.41) is 6.63. The summed E-state index contributed by atoms with van der Waals surface area (Å²) in [6.45, 7) is -0.00340. The lowest BCUT2D eigenvalue weighted by Gasteiger charge is -2.13. The standard InChI is InChI=1S/C23H22FN3O6S/c1-32-23(29)15-10-14(13-25-22(28)21-19-4-2-3-5-20(19)33-26-21)11-17(12-15)27-34(30,31)18-8-6-16(24)7-9-18/h6-12,27H,2-5,13H2,1H3,(H,25,28). The Hall–Kier alpha value is -3.73. The van der Waals surface area contributed by atoms with Crippen molar-refractivity contribution < 1.29 is 31.7 Å². The van der Waals surface area contributed by atoms with E-state index in [1.165, 1.54) is 25.3 Å². The van der Waals surface area contributed by atoms with Crippen molar-refractivity contribution in [3.8, 4) is 0 Å². The number of amides is 1. The lowest BCUT2D eigenvalue weighted by atomic mass is 9.96. The number of sulfonamides is 1. The number of fused-ring (bicyclic) bond motifs is 1. The molecule has 0 radical (unpaired) electrons. The highest BCUT2D eigenvalue weighted by molar-refractivity contribution is 7.92. The second-order valence-electron chi connectivity index (χ2n) is 7.79. The average Bonchev–Trinajstić information content (AvgIpc) is 3.26. The molecule has 9 nitrogen and oxygen atoms in total. The summed E-state index contributed by atoms with van der Waals surface area (Å²) in [5.74, 6) is -0.954. The van der Waals surface area contributed by atoms with Gasteiger partial charge in [-0.15, -0.1) is 0 Å². The van der Waals surface area contributed by atoms with Crippen LogP contribution in [0, 0.1) is 5.82 Å². The van der Waals surface area contributed by atoms with Crippen molar-refractivity contribution in [3.63, 3.8) is 0 Å². The molecular formula is C23H22FN3O6S. The number of esters is 1. The van der Waals surface area contributed by atoms with Crippen LogP contribution in [0.3, 0.4) is 0 Å². The Balaban J connectivity index is 1.56. The third kappa shape index (κ3) is 5.09. The van der Waals surface area contributed by atoms with E-state index in [4.69, 9.17) is 9.26 Å². The van der Waals surface area contributed by atoms with Gasteiger partial charge in [-0.1, -0.05) is 5.16 Å². The number of rotatable bonds is 7. The summed E-state index contributed by atoms with van der Waals surface area (Å²) >= 11 is 0. The van der Waals surface area contributed by atoms with Crippen LogP contribution < -0.4 is 10.0 Å². The summed E-state index contributed by atoms with van der Waals surface area (Å²) in [6, 6.07) is 8.59. The summed E-state index contributed by atoms with van der Waals surface area (Å²) in [7, 11) is -2.85. The van der Waals surface area contributed by atoms with Gasteiger partial charge >= 0.3 is 5.97 Å². The lowest BCUT2D eigenvalue weighted by Crippen LogP contribution is -2.25. The highest BCUT2D eigenvalue weighted by atomic mass is 32.2. The van der Waals surface area contributed by atoms with Gasteiger partial charge in [0, 0.05) is 18.5 Å². The van der Waals surface area contributed by atoms with Gasteiger partial charge in [-0.25, -0.2) is 17.6 Å². The number of methoxy groups -OCH3 is 1. The van der Waals surface area contributed by atoms with Gasteiger partial charge in [0.05, 0.1) is 23.3 Å².